The molecule has 21 heavy (non-hydrogen) atoms. The Morgan fingerprint density at radius 3 is 2.52 bits per heavy atom. The van der Waals surface area contributed by atoms with Gasteiger partial charge < -0.3 is 14.7 Å². The molecule has 1 aliphatic heterocycles. The van der Waals surface area contributed by atoms with Crippen LogP contribution in [0, 0.1) is 0 Å². The summed E-state index contributed by atoms with van der Waals surface area (Å²) in [6.45, 7) is 0.430. The molecule has 1 amide bonds. The molecular weight excluding hydrogens is 266 g/mol. The van der Waals surface area contributed by atoms with E-state index in [0.29, 0.717) is 18.7 Å². The summed E-state index contributed by atoms with van der Waals surface area (Å²) in [5.41, 5.74) is 1.84. The molecule has 4 nitrogen and oxygen atoms in total. The van der Waals surface area contributed by atoms with Gasteiger partial charge in [0.1, 0.15) is 5.75 Å². The zero-order valence-corrected chi connectivity index (χ0v) is 11.6. The lowest BCUT2D eigenvalue weighted by molar-refractivity contribution is -0.127. The van der Waals surface area contributed by atoms with Crippen LogP contribution >= 0.6 is 0 Å². The van der Waals surface area contributed by atoms with E-state index in [2.05, 4.69) is 0 Å². The minimum Gasteiger partial charge on any atom is -0.478 e. The Balaban J connectivity index is 1.94. The first-order valence-corrected chi connectivity index (χ1v) is 7.01. The van der Waals surface area contributed by atoms with E-state index in [4.69, 9.17) is 9.84 Å². The van der Waals surface area contributed by atoms with Crippen LogP contribution in [-0.2, 0) is 11.3 Å². The van der Waals surface area contributed by atoms with Crippen LogP contribution in [0.15, 0.2) is 54.6 Å². The molecule has 1 aliphatic rings. The minimum atomic E-state index is -0.617. The summed E-state index contributed by atoms with van der Waals surface area (Å²) in [5.74, 6) is 0.582. The summed E-state index contributed by atoms with van der Waals surface area (Å²) in [6.07, 6.45) is -0.313. The molecule has 0 unspecified atom stereocenters. The standard InChI is InChI=1S/C17H17NO3/c19-11-10-16-17(20)18(12-13-6-2-1-3-7-13)14-8-4-5-9-15(14)21-16/h1-9,16,19H,10-12H2/t16-/m0/s1. The molecule has 2 aromatic rings. The van der Waals surface area contributed by atoms with Gasteiger partial charge in [-0.15, -0.1) is 0 Å². The van der Waals surface area contributed by atoms with Gasteiger partial charge in [0.05, 0.1) is 12.2 Å². The molecule has 4 heteroatoms. The lowest BCUT2D eigenvalue weighted by Gasteiger charge is -2.34. The lowest BCUT2D eigenvalue weighted by Crippen LogP contribution is -2.45. The number of amides is 1. The number of para-hydroxylation sites is 2. The molecule has 2 aromatic carbocycles. The van der Waals surface area contributed by atoms with Gasteiger partial charge in [-0.25, -0.2) is 0 Å². The van der Waals surface area contributed by atoms with Crippen LogP contribution in [0.4, 0.5) is 5.69 Å². The maximum Gasteiger partial charge on any atom is 0.268 e. The van der Waals surface area contributed by atoms with Gasteiger partial charge in [0.2, 0.25) is 0 Å². The highest BCUT2D eigenvalue weighted by molar-refractivity contribution is 5.99. The number of aliphatic hydroxyl groups excluding tert-OH is 1. The molecule has 1 N–H and O–H groups in total. The molecule has 0 aromatic heterocycles. The largest absolute Gasteiger partial charge is 0.478 e. The Hall–Kier alpha value is -2.33. The lowest BCUT2D eigenvalue weighted by atomic mass is 10.1. The highest BCUT2D eigenvalue weighted by Gasteiger charge is 2.33. The van der Waals surface area contributed by atoms with Crippen LogP contribution in [0.3, 0.4) is 0 Å². The van der Waals surface area contributed by atoms with Crippen molar-refractivity contribution >= 4 is 11.6 Å². The summed E-state index contributed by atoms with van der Waals surface area (Å²) < 4.78 is 5.70. The summed E-state index contributed by atoms with van der Waals surface area (Å²) in [5, 5.41) is 9.11. The smallest absolute Gasteiger partial charge is 0.268 e. The van der Waals surface area contributed by atoms with E-state index in [1.54, 1.807) is 4.90 Å². The molecule has 108 valence electrons. The van der Waals surface area contributed by atoms with Crippen molar-refractivity contribution in [1.29, 1.82) is 0 Å². The predicted molar refractivity (Wildman–Crippen MR) is 80.2 cm³/mol. The number of carbonyl (C=O) groups is 1. The second-order valence-electron chi connectivity index (χ2n) is 5.00. The number of rotatable bonds is 4. The Kier molecular flexibility index (Phi) is 3.88. The van der Waals surface area contributed by atoms with Gasteiger partial charge in [-0.3, -0.25) is 4.79 Å². The van der Waals surface area contributed by atoms with Crippen LogP contribution in [0.1, 0.15) is 12.0 Å². The SMILES string of the molecule is O=C1[C@H](CCO)Oc2ccccc2N1Cc1ccccc1. The van der Waals surface area contributed by atoms with Crippen LogP contribution < -0.4 is 9.64 Å². The number of hydrogen-bond donors (Lipinski definition) is 1. The molecule has 1 atom stereocenters. The van der Waals surface area contributed by atoms with Gasteiger partial charge in [0.25, 0.3) is 5.91 Å². The molecule has 3 rings (SSSR count). The second kappa shape index (κ2) is 5.97. The Morgan fingerprint density at radius 1 is 1.05 bits per heavy atom. The van der Waals surface area contributed by atoms with Crippen molar-refractivity contribution in [2.45, 2.75) is 19.1 Å². The van der Waals surface area contributed by atoms with Crippen molar-refractivity contribution in [2.75, 3.05) is 11.5 Å². The molecule has 0 aliphatic carbocycles. The fourth-order valence-corrected chi connectivity index (χ4v) is 2.50. The van der Waals surface area contributed by atoms with Gasteiger partial charge in [-0.05, 0) is 17.7 Å². The fourth-order valence-electron chi connectivity index (χ4n) is 2.50. The van der Waals surface area contributed by atoms with Crippen LogP contribution in [-0.4, -0.2) is 23.7 Å². The number of fused-ring (bicyclic) bond motifs is 1. The van der Waals surface area contributed by atoms with Gasteiger partial charge in [-0.1, -0.05) is 42.5 Å². The Labute approximate surface area is 123 Å². The number of nitrogens with zero attached hydrogens (tertiary/aromatic N) is 1. The molecule has 0 saturated carbocycles. The van der Waals surface area contributed by atoms with Gasteiger partial charge in [-0.2, -0.15) is 0 Å². The van der Waals surface area contributed by atoms with Gasteiger partial charge in [0, 0.05) is 13.0 Å². The normalized spacial score (nSPS) is 17.3. The minimum absolute atomic E-state index is 0.0717. The number of aliphatic hydroxyl groups is 1. The number of benzene rings is 2. The maximum absolute atomic E-state index is 12.6. The van der Waals surface area contributed by atoms with Crippen molar-refractivity contribution in [3.8, 4) is 5.75 Å². The predicted octanol–water partition coefficient (Wildman–Crippen LogP) is 2.36. The molecule has 0 bridgehead atoms. The van der Waals surface area contributed by atoms with Crippen LogP contribution in [0.25, 0.3) is 0 Å². The average Bonchev–Trinajstić information content (AvgIpc) is 2.52. The van der Waals surface area contributed by atoms with Gasteiger partial charge >= 0.3 is 0 Å². The molecule has 0 radical (unpaired) electrons. The van der Waals surface area contributed by atoms with Crippen molar-refractivity contribution < 1.29 is 14.6 Å². The van der Waals surface area contributed by atoms with Crippen LogP contribution in [0.2, 0.25) is 0 Å². The monoisotopic (exact) mass is 283 g/mol. The number of hydrogen-bond acceptors (Lipinski definition) is 3. The van der Waals surface area contributed by atoms with Crippen molar-refractivity contribution in [2.24, 2.45) is 0 Å². The molecular formula is C17H17NO3. The zero-order valence-electron chi connectivity index (χ0n) is 11.6. The number of carbonyl (C=O) groups excluding carboxylic acids is 1. The van der Waals surface area contributed by atoms with E-state index in [1.165, 1.54) is 0 Å². The highest BCUT2D eigenvalue weighted by atomic mass is 16.5. The molecule has 0 spiro atoms. The third kappa shape index (κ3) is 2.76. The van der Waals surface area contributed by atoms with E-state index in [9.17, 15) is 4.79 Å². The first-order chi connectivity index (χ1) is 10.3. The summed E-state index contributed by atoms with van der Waals surface area (Å²) in [7, 11) is 0. The van der Waals surface area contributed by atoms with Crippen LogP contribution in [0.5, 0.6) is 5.75 Å². The van der Waals surface area contributed by atoms with Crippen molar-refractivity contribution in [1.82, 2.24) is 0 Å². The molecule has 0 fully saturated rings. The van der Waals surface area contributed by atoms with E-state index < -0.39 is 6.10 Å². The quantitative estimate of drug-likeness (QED) is 0.937. The third-order valence-corrected chi connectivity index (χ3v) is 3.54. The number of anilines is 1. The van der Waals surface area contributed by atoms with E-state index >= 15 is 0 Å². The fraction of sp³-hybridized carbons (Fsp3) is 0.235. The molecule has 0 saturated heterocycles. The average molecular weight is 283 g/mol. The number of ether oxygens (including phenoxy) is 1. The first kappa shape index (κ1) is 13.6. The maximum atomic E-state index is 12.6. The highest BCUT2D eigenvalue weighted by Crippen LogP contribution is 2.35. The second-order valence-corrected chi connectivity index (χ2v) is 5.00. The Bertz CT molecular complexity index is 627. The van der Waals surface area contributed by atoms with E-state index in [0.717, 1.165) is 11.3 Å². The van der Waals surface area contributed by atoms with E-state index in [1.807, 2.05) is 54.6 Å². The third-order valence-electron chi connectivity index (χ3n) is 3.54. The first-order valence-electron chi connectivity index (χ1n) is 7.01. The van der Waals surface area contributed by atoms with Gasteiger partial charge in [0.15, 0.2) is 6.10 Å². The summed E-state index contributed by atoms with van der Waals surface area (Å²) in [4.78, 5) is 14.3. The zero-order chi connectivity index (χ0) is 14.7. The van der Waals surface area contributed by atoms with Crippen molar-refractivity contribution in [3.63, 3.8) is 0 Å². The summed E-state index contributed by atoms with van der Waals surface area (Å²) >= 11 is 0. The van der Waals surface area contributed by atoms with E-state index in [-0.39, 0.29) is 12.5 Å². The van der Waals surface area contributed by atoms with Crippen molar-refractivity contribution in [3.05, 3.63) is 60.2 Å². The topological polar surface area (TPSA) is 49.8 Å². The molecule has 1 heterocycles. The Morgan fingerprint density at radius 2 is 1.76 bits per heavy atom. The summed E-state index contributed by atoms with van der Waals surface area (Å²) in [6, 6.07) is 17.3.